The monoisotopic (exact) mass is 464 g/mol. The lowest BCUT2D eigenvalue weighted by molar-refractivity contribution is -0.132. The van der Waals surface area contributed by atoms with Crippen molar-refractivity contribution in [3.8, 4) is 0 Å². The number of ketones is 1. The summed E-state index contributed by atoms with van der Waals surface area (Å²) in [5.41, 5.74) is 1.51. The molecule has 0 unspecified atom stereocenters. The highest BCUT2D eigenvalue weighted by Gasteiger charge is 2.46. The van der Waals surface area contributed by atoms with Gasteiger partial charge in [0, 0.05) is 28.9 Å². The van der Waals surface area contributed by atoms with Crippen molar-refractivity contribution in [2.75, 3.05) is 10.2 Å². The number of Topliss-reactive ketones (excluding diaryl/α,β-unsaturated/α-hetero) is 1. The molecule has 166 valence electrons. The molecule has 0 aliphatic carbocycles. The summed E-state index contributed by atoms with van der Waals surface area (Å²) in [6.45, 7) is 1.37. The van der Waals surface area contributed by atoms with Crippen LogP contribution < -0.4 is 10.2 Å². The van der Waals surface area contributed by atoms with E-state index in [-0.39, 0.29) is 17.2 Å². The standard InChI is InChI=1S/C25H18ClFN2O4/c1-14(30)28-19-10-12-20(13-11-19)29-22(15-4-8-18(27)9-5-15)21(24(32)25(29)33)23(31)16-2-6-17(26)7-3-16/h2-13,22,31H,1H3,(H,28,30)/t22-/m0/s1. The molecule has 4 rings (SSSR count). The molecule has 1 atom stereocenters. The number of hydrogen-bond acceptors (Lipinski definition) is 4. The van der Waals surface area contributed by atoms with Crippen LogP contribution in [-0.4, -0.2) is 22.7 Å². The van der Waals surface area contributed by atoms with Crippen molar-refractivity contribution >= 4 is 46.3 Å². The molecule has 0 bridgehead atoms. The summed E-state index contributed by atoms with van der Waals surface area (Å²) in [5, 5.41) is 14.1. The molecule has 3 aromatic rings. The zero-order valence-electron chi connectivity index (χ0n) is 17.4. The van der Waals surface area contributed by atoms with Crippen LogP contribution in [0.2, 0.25) is 5.02 Å². The Hall–Kier alpha value is -3.97. The van der Waals surface area contributed by atoms with Crippen LogP contribution in [0.15, 0.2) is 78.4 Å². The van der Waals surface area contributed by atoms with Crippen molar-refractivity contribution in [3.63, 3.8) is 0 Å². The van der Waals surface area contributed by atoms with Gasteiger partial charge in [-0.1, -0.05) is 23.7 Å². The van der Waals surface area contributed by atoms with Gasteiger partial charge in [-0.2, -0.15) is 0 Å². The summed E-state index contributed by atoms with van der Waals surface area (Å²) in [5.74, 6) is -2.81. The minimum atomic E-state index is -0.993. The average molecular weight is 465 g/mol. The molecule has 2 amide bonds. The molecular weight excluding hydrogens is 447 g/mol. The Morgan fingerprint density at radius 2 is 1.58 bits per heavy atom. The van der Waals surface area contributed by atoms with Gasteiger partial charge < -0.3 is 10.4 Å². The molecule has 6 nitrogen and oxygen atoms in total. The van der Waals surface area contributed by atoms with Crippen LogP contribution in [0, 0.1) is 5.82 Å². The molecule has 3 aromatic carbocycles. The van der Waals surface area contributed by atoms with Crippen LogP contribution in [-0.2, 0) is 14.4 Å². The van der Waals surface area contributed by atoms with E-state index in [1.165, 1.54) is 48.2 Å². The predicted molar refractivity (Wildman–Crippen MR) is 123 cm³/mol. The zero-order chi connectivity index (χ0) is 23.7. The van der Waals surface area contributed by atoms with Crippen LogP contribution in [0.4, 0.5) is 15.8 Å². The molecule has 0 spiro atoms. The van der Waals surface area contributed by atoms with Crippen LogP contribution in [0.3, 0.4) is 0 Å². The molecule has 0 radical (unpaired) electrons. The van der Waals surface area contributed by atoms with Gasteiger partial charge in [-0.3, -0.25) is 19.3 Å². The highest BCUT2D eigenvalue weighted by atomic mass is 35.5. The van der Waals surface area contributed by atoms with Crippen molar-refractivity contribution in [1.82, 2.24) is 0 Å². The lowest BCUT2D eigenvalue weighted by atomic mass is 9.95. The first-order valence-electron chi connectivity index (χ1n) is 9.96. The third-order valence-electron chi connectivity index (χ3n) is 5.21. The van der Waals surface area contributed by atoms with E-state index in [0.717, 1.165) is 0 Å². The second-order valence-electron chi connectivity index (χ2n) is 7.46. The SMILES string of the molecule is CC(=O)Nc1ccc(N2C(=O)C(=O)C(=C(O)c3ccc(Cl)cc3)[C@@H]2c2ccc(F)cc2)cc1. The quantitative estimate of drug-likeness (QED) is 0.321. The molecule has 0 saturated carbocycles. The maximum Gasteiger partial charge on any atom is 0.300 e. The number of rotatable bonds is 4. The highest BCUT2D eigenvalue weighted by molar-refractivity contribution is 6.51. The van der Waals surface area contributed by atoms with Gasteiger partial charge in [-0.05, 0) is 66.2 Å². The second kappa shape index (κ2) is 8.88. The van der Waals surface area contributed by atoms with E-state index >= 15 is 0 Å². The fourth-order valence-corrected chi connectivity index (χ4v) is 3.86. The number of anilines is 2. The number of hydrogen-bond donors (Lipinski definition) is 2. The number of halogens is 2. The van der Waals surface area contributed by atoms with E-state index in [2.05, 4.69) is 5.32 Å². The van der Waals surface area contributed by atoms with Crippen molar-refractivity contribution in [3.05, 3.63) is 100 Å². The van der Waals surface area contributed by atoms with Gasteiger partial charge in [-0.15, -0.1) is 0 Å². The Bertz CT molecular complexity index is 1270. The lowest BCUT2D eigenvalue weighted by Gasteiger charge is -2.25. The Balaban J connectivity index is 1.87. The van der Waals surface area contributed by atoms with E-state index < -0.39 is 23.5 Å². The number of amides is 2. The summed E-state index contributed by atoms with van der Waals surface area (Å²) in [6.07, 6.45) is 0. The molecule has 1 heterocycles. The van der Waals surface area contributed by atoms with Crippen molar-refractivity contribution in [2.24, 2.45) is 0 Å². The van der Waals surface area contributed by atoms with Gasteiger partial charge in [0.15, 0.2) is 0 Å². The minimum Gasteiger partial charge on any atom is -0.507 e. The Morgan fingerprint density at radius 3 is 2.15 bits per heavy atom. The summed E-state index contributed by atoms with van der Waals surface area (Å²) in [7, 11) is 0. The topological polar surface area (TPSA) is 86.7 Å². The first-order chi connectivity index (χ1) is 15.8. The Morgan fingerprint density at radius 1 is 0.970 bits per heavy atom. The van der Waals surface area contributed by atoms with Crippen LogP contribution in [0.5, 0.6) is 0 Å². The smallest absolute Gasteiger partial charge is 0.300 e. The molecule has 2 N–H and O–H groups in total. The number of nitrogens with one attached hydrogen (secondary N) is 1. The van der Waals surface area contributed by atoms with Gasteiger partial charge in [0.1, 0.15) is 11.6 Å². The van der Waals surface area contributed by atoms with E-state index in [9.17, 15) is 23.9 Å². The summed E-state index contributed by atoms with van der Waals surface area (Å²) < 4.78 is 13.6. The number of benzene rings is 3. The van der Waals surface area contributed by atoms with Gasteiger partial charge in [-0.25, -0.2) is 4.39 Å². The first-order valence-corrected chi connectivity index (χ1v) is 10.3. The van der Waals surface area contributed by atoms with E-state index in [4.69, 9.17) is 11.6 Å². The van der Waals surface area contributed by atoms with Crippen LogP contribution in [0.1, 0.15) is 24.1 Å². The van der Waals surface area contributed by atoms with E-state index in [0.29, 0.717) is 27.5 Å². The molecule has 0 aromatic heterocycles. The molecule has 33 heavy (non-hydrogen) atoms. The summed E-state index contributed by atoms with van der Waals surface area (Å²) in [4.78, 5) is 38.7. The minimum absolute atomic E-state index is 0.125. The van der Waals surface area contributed by atoms with Gasteiger partial charge in [0.25, 0.3) is 11.7 Å². The van der Waals surface area contributed by atoms with Crippen LogP contribution in [0.25, 0.3) is 5.76 Å². The maximum atomic E-state index is 13.6. The molecule has 8 heteroatoms. The average Bonchev–Trinajstić information content (AvgIpc) is 3.05. The number of aliphatic hydroxyl groups is 1. The molecule has 1 aliphatic rings. The fourth-order valence-electron chi connectivity index (χ4n) is 3.73. The lowest BCUT2D eigenvalue weighted by Crippen LogP contribution is -2.29. The van der Waals surface area contributed by atoms with Gasteiger partial charge in [0.05, 0.1) is 11.6 Å². The largest absolute Gasteiger partial charge is 0.507 e. The third kappa shape index (κ3) is 4.36. The van der Waals surface area contributed by atoms with Gasteiger partial charge in [0.2, 0.25) is 5.91 Å². The maximum absolute atomic E-state index is 13.6. The fraction of sp³-hybridized carbons (Fsp3) is 0.0800. The zero-order valence-corrected chi connectivity index (χ0v) is 18.1. The number of carbonyl (C=O) groups is 3. The van der Waals surface area contributed by atoms with Crippen molar-refractivity contribution in [1.29, 1.82) is 0 Å². The van der Waals surface area contributed by atoms with Gasteiger partial charge >= 0.3 is 0 Å². The molecule has 1 fully saturated rings. The highest BCUT2D eigenvalue weighted by Crippen LogP contribution is 2.42. The predicted octanol–water partition coefficient (Wildman–Crippen LogP) is 5.06. The molecular formula is C25H18ClFN2O4. The second-order valence-corrected chi connectivity index (χ2v) is 7.89. The third-order valence-corrected chi connectivity index (χ3v) is 5.47. The Kier molecular flexibility index (Phi) is 5.98. The summed E-state index contributed by atoms with van der Waals surface area (Å²) in [6, 6.07) is 16.9. The van der Waals surface area contributed by atoms with E-state index in [1.54, 1.807) is 36.4 Å². The van der Waals surface area contributed by atoms with Crippen molar-refractivity contribution < 1.29 is 23.9 Å². The van der Waals surface area contributed by atoms with Crippen molar-refractivity contribution in [2.45, 2.75) is 13.0 Å². The van der Waals surface area contributed by atoms with E-state index in [1.807, 2.05) is 0 Å². The molecule has 1 saturated heterocycles. The normalized spacial score (nSPS) is 17.3. The number of nitrogens with zero attached hydrogens (tertiary/aromatic N) is 1. The van der Waals surface area contributed by atoms with Crippen LogP contribution >= 0.6 is 11.6 Å². The number of carbonyl (C=O) groups excluding carboxylic acids is 3. The Labute approximate surface area is 193 Å². The summed E-state index contributed by atoms with van der Waals surface area (Å²) >= 11 is 5.93. The number of aliphatic hydroxyl groups excluding tert-OH is 1. The first kappa shape index (κ1) is 22.2. The molecule has 1 aliphatic heterocycles.